The van der Waals surface area contributed by atoms with Gasteiger partial charge in [0.25, 0.3) is 0 Å². The fourth-order valence-corrected chi connectivity index (χ4v) is 3.69. The molecule has 3 N–H and O–H groups in total. The molecule has 2 aromatic carbocycles. The minimum absolute atomic E-state index is 0.0249. The Morgan fingerprint density at radius 2 is 2.00 bits per heavy atom. The fraction of sp³-hybridized carbons (Fsp3) is 0.278. The standard InChI is InChI=1S/C18H21N3O3S/c1-25(23,24)20-14-6-2-5-13(11-14)12-18(22)21-10-4-7-15-16(19)8-3-9-17(15)21/h2-3,5-6,8-9,11,20H,4,7,10,12,19H2,1H3. The Hall–Kier alpha value is -2.54. The van der Waals surface area contributed by atoms with Crippen molar-refractivity contribution in [2.24, 2.45) is 0 Å². The molecule has 7 heteroatoms. The SMILES string of the molecule is CS(=O)(=O)Nc1cccc(CC(=O)N2CCCc3c(N)cccc32)c1. The fourth-order valence-electron chi connectivity index (χ4n) is 3.14. The maximum Gasteiger partial charge on any atom is 0.231 e. The summed E-state index contributed by atoms with van der Waals surface area (Å²) in [5.74, 6) is -0.0249. The zero-order chi connectivity index (χ0) is 18.0. The van der Waals surface area contributed by atoms with Crippen LogP contribution >= 0.6 is 0 Å². The van der Waals surface area contributed by atoms with Crippen LogP contribution in [0.15, 0.2) is 42.5 Å². The van der Waals surface area contributed by atoms with Gasteiger partial charge >= 0.3 is 0 Å². The summed E-state index contributed by atoms with van der Waals surface area (Å²) in [5.41, 5.74) is 9.86. The average molecular weight is 359 g/mol. The lowest BCUT2D eigenvalue weighted by atomic mass is 9.99. The first kappa shape index (κ1) is 17.3. The summed E-state index contributed by atoms with van der Waals surface area (Å²) in [6.07, 6.45) is 3.05. The highest BCUT2D eigenvalue weighted by Gasteiger charge is 2.23. The highest BCUT2D eigenvalue weighted by Crippen LogP contribution is 2.31. The van der Waals surface area contributed by atoms with Crippen molar-refractivity contribution in [1.29, 1.82) is 0 Å². The third-order valence-corrected chi connectivity index (χ3v) is 4.78. The molecule has 0 aromatic heterocycles. The number of nitrogens with one attached hydrogen (secondary N) is 1. The highest BCUT2D eigenvalue weighted by molar-refractivity contribution is 7.92. The lowest BCUT2D eigenvalue weighted by Gasteiger charge is -2.30. The molecule has 6 nitrogen and oxygen atoms in total. The van der Waals surface area contributed by atoms with Gasteiger partial charge in [-0.1, -0.05) is 18.2 Å². The third-order valence-electron chi connectivity index (χ3n) is 4.17. The van der Waals surface area contributed by atoms with Gasteiger partial charge in [0, 0.05) is 23.6 Å². The first-order chi connectivity index (χ1) is 11.8. The van der Waals surface area contributed by atoms with E-state index in [1.165, 1.54) is 0 Å². The van der Waals surface area contributed by atoms with Gasteiger partial charge in [-0.3, -0.25) is 9.52 Å². The number of nitrogen functional groups attached to an aromatic ring is 1. The largest absolute Gasteiger partial charge is 0.398 e. The molecule has 1 amide bonds. The summed E-state index contributed by atoms with van der Waals surface area (Å²) in [4.78, 5) is 14.6. The van der Waals surface area contributed by atoms with Crippen LogP contribution in [0.4, 0.5) is 17.1 Å². The smallest absolute Gasteiger partial charge is 0.231 e. The van der Waals surface area contributed by atoms with E-state index < -0.39 is 10.0 Å². The Kier molecular flexibility index (Phi) is 4.67. The van der Waals surface area contributed by atoms with Crippen molar-refractivity contribution < 1.29 is 13.2 Å². The second-order valence-corrected chi connectivity index (χ2v) is 7.99. The molecular weight excluding hydrogens is 338 g/mol. The van der Waals surface area contributed by atoms with Gasteiger partial charge in [-0.05, 0) is 48.2 Å². The minimum Gasteiger partial charge on any atom is -0.398 e. The molecule has 0 fully saturated rings. The molecule has 0 radical (unpaired) electrons. The summed E-state index contributed by atoms with van der Waals surface area (Å²) >= 11 is 0. The van der Waals surface area contributed by atoms with Crippen LogP contribution in [0, 0.1) is 0 Å². The van der Waals surface area contributed by atoms with Crippen LogP contribution in [0.3, 0.4) is 0 Å². The lowest BCUT2D eigenvalue weighted by molar-refractivity contribution is -0.118. The predicted molar refractivity (Wildman–Crippen MR) is 100 cm³/mol. The van der Waals surface area contributed by atoms with Crippen molar-refractivity contribution in [1.82, 2.24) is 0 Å². The van der Waals surface area contributed by atoms with Gasteiger partial charge in [-0.15, -0.1) is 0 Å². The number of hydrogen-bond acceptors (Lipinski definition) is 4. The zero-order valence-corrected chi connectivity index (χ0v) is 14.8. The van der Waals surface area contributed by atoms with Crippen LogP contribution in [-0.4, -0.2) is 27.1 Å². The molecule has 0 atom stereocenters. The molecule has 25 heavy (non-hydrogen) atoms. The molecule has 0 bridgehead atoms. The summed E-state index contributed by atoms with van der Waals surface area (Å²) < 4.78 is 25.1. The van der Waals surface area contributed by atoms with Crippen LogP contribution in [0.5, 0.6) is 0 Å². The Morgan fingerprint density at radius 1 is 1.24 bits per heavy atom. The van der Waals surface area contributed by atoms with Crippen LogP contribution < -0.4 is 15.4 Å². The van der Waals surface area contributed by atoms with Crippen LogP contribution in [-0.2, 0) is 27.7 Å². The molecule has 0 unspecified atom stereocenters. The van der Waals surface area contributed by atoms with Gasteiger partial charge in [-0.2, -0.15) is 0 Å². The lowest BCUT2D eigenvalue weighted by Crippen LogP contribution is -2.36. The number of nitrogens with two attached hydrogens (primary N) is 1. The second-order valence-electron chi connectivity index (χ2n) is 6.25. The zero-order valence-electron chi connectivity index (χ0n) is 14.0. The number of sulfonamides is 1. The average Bonchev–Trinajstić information content (AvgIpc) is 2.53. The predicted octanol–water partition coefficient (Wildman–Crippen LogP) is 2.16. The molecule has 1 heterocycles. The maximum absolute atomic E-state index is 12.8. The summed E-state index contributed by atoms with van der Waals surface area (Å²) in [5, 5.41) is 0. The monoisotopic (exact) mass is 359 g/mol. The van der Waals surface area contributed by atoms with E-state index in [2.05, 4.69) is 4.72 Å². The highest BCUT2D eigenvalue weighted by atomic mass is 32.2. The summed E-state index contributed by atoms with van der Waals surface area (Å²) in [7, 11) is -3.35. The second kappa shape index (κ2) is 6.76. The van der Waals surface area contributed by atoms with Gasteiger partial charge < -0.3 is 10.6 Å². The summed E-state index contributed by atoms with van der Waals surface area (Å²) in [6.45, 7) is 0.663. The number of benzene rings is 2. The van der Waals surface area contributed by atoms with Crippen molar-refractivity contribution in [3.8, 4) is 0 Å². The first-order valence-corrected chi connectivity index (χ1v) is 9.97. The van der Waals surface area contributed by atoms with Crippen molar-refractivity contribution in [2.45, 2.75) is 19.3 Å². The van der Waals surface area contributed by atoms with Crippen LogP contribution in [0.25, 0.3) is 0 Å². The van der Waals surface area contributed by atoms with Crippen molar-refractivity contribution in [3.63, 3.8) is 0 Å². The third kappa shape index (κ3) is 4.11. The van der Waals surface area contributed by atoms with Gasteiger partial charge in [-0.25, -0.2) is 8.42 Å². The number of carbonyl (C=O) groups excluding carboxylic acids is 1. The van der Waals surface area contributed by atoms with Crippen molar-refractivity contribution in [2.75, 3.05) is 28.2 Å². The van der Waals surface area contributed by atoms with E-state index in [0.717, 1.165) is 35.9 Å². The quantitative estimate of drug-likeness (QED) is 0.818. The molecule has 1 aliphatic heterocycles. The van der Waals surface area contributed by atoms with E-state index >= 15 is 0 Å². The van der Waals surface area contributed by atoms with Gasteiger partial charge in [0.2, 0.25) is 15.9 Å². The maximum atomic E-state index is 12.8. The molecular formula is C18H21N3O3S. The van der Waals surface area contributed by atoms with E-state index in [1.807, 2.05) is 24.3 Å². The van der Waals surface area contributed by atoms with E-state index in [4.69, 9.17) is 5.73 Å². The van der Waals surface area contributed by atoms with E-state index in [1.54, 1.807) is 23.1 Å². The number of rotatable bonds is 4. The van der Waals surface area contributed by atoms with Crippen LogP contribution in [0.2, 0.25) is 0 Å². The number of nitrogens with zero attached hydrogens (tertiary/aromatic N) is 1. The summed E-state index contributed by atoms with van der Waals surface area (Å²) in [6, 6.07) is 12.5. The molecule has 0 spiro atoms. The number of hydrogen-bond donors (Lipinski definition) is 2. The normalized spacial score (nSPS) is 14.0. The Bertz CT molecular complexity index is 910. The molecule has 0 saturated carbocycles. The molecule has 2 aromatic rings. The van der Waals surface area contributed by atoms with E-state index in [0.29, 0.717) is 17.9 Å². The van der Waals surface area contributed by atoms with E-state index in [-0.39, 0.29) is 12.3 Å². The number of amides is 1. The number of anilines is 3. The molecule has 1 aliphatic rings. The van der Waals surface area contributed by atoms with Crippen LogP contribution in [0.1, 0.15) is 17.5 Å². The Labute approximate surface area is 147 Å². The van der Waals surface area contributed by atoms with Gasteiger partial charge in [0.15, 0.2) is 0 Å². The molecule has 3 rings (SSSR count). The van der Waals surface area contributed by atoms with Gasteiger partial charge in [0.05, 0.1) is 12.7 Å². The first-order valence-electron chi connectivity index (χ1n) is 8.08. The number of fused-ring (bicyclic) bond motifs is 1. The van der Waals surface area contributed by atoms with Gasteiger partial charge in [0.1, 0.15) is 0 Å². The topological polar surface area (TPSA) is 92.5 Å². The molecule has 0 saturated heterocycles. The van der Waals surface area contributed by atoms with Crippen molar-refractivity contribution in [3.05, 3.63) is 53.6 Å². The van der Waals surface area contributed by atoms with Crippen molar-refractivity contribution >= 4 is 33.0 Å². The Balaban J connectivity index is 1.80. The molecule has 132 valence electrons. The van der Waals surface area contributed by atoms with E-state index in [9.17, 15) is 13.2 Å². The minimum atomic E-state index is -3.35. The number of carbonyl (C=O) groups is 1. The molecule has 0 aliphatic carbocycles. The Morgan fingerprint density at radius 3 is 2.76 bits per heavy atom.